The second kappa shape index (κ2) is 26.7. The molecule has 380 valence electrons. The topological polar surface area (TPSA) is 6.48 Å². The second-order valence-corrected chi connectivity index (χ2v) is 22.6. The Labute approximate surface area is 438 Å². The third-order valence-electron chi connectivity index (χ3n) is 17.5. The van der Waals surface area contributed by atoms with Gasteiger partial charge < -0.3 is 9.80 Å². The van der Waals surface area contributed by atoms with Crippen molar-refractivity contribution in [1.29, 1.82) is 0 Å². The highest BCUT2D eigenvalue weighted by molar-refractivity contribution is 5.78. The number of hydrogen-bond acceptors (Lipinski definition) is 2. The van der Waals surface area contributed by atoms with E-state index in [1.54, 1.807) is 0 Å². The summed E-state index contributed by atoms with van der Waals surface area (Å²) < 4.78 is 0. The zero-order chi connectivity index (χ0) is 49.2. The minimum absolute atomic E-state index is 0.00929. The summed E-state index contributed by atoms with van der Waals surface area (Å²) in [6.45, 7) is 4.61. The molecule has 0 saturated heterocycles. The number of nitrogens with zero attached hydrogens (tertiary/aromatic N) is 2. The molecule has 0 aromatic heterocycles. The van der Waals surface area contributed by atoms with Crippen LogP contribution in [-0.4, -0.2) is 0 Å². The molecule has 0 unspecified atom stereocenters. The van der Waals surface area contributed by atoms with Gasteiger partial charge in [0.05, 0.1) is 0 Å². The molecule has 9 rings (SSSR count). The van der Waals surface area contributed by atoms with E-state index >= 15 is 0 Å². The van der Waals surface area contributed by atoms with Gasteiger partial charge >= 0.3 is 0 Å². The summed E-state index contributed by atoms with van der Waals surface area (Å²) in [5.41, 5.74) is 16.3. The van der Waals surface area contributed by atoms with Crippen LogP contribution in [0.15, 0.2) is 146 Å². The van der Waals surface area contributed by atoms with Crippen LogP contribution in [0.25, 0.3) is 0 Å². The SMILES string of the molecule is CCCCCCCCc1ccc(N(c2ccc(C3CCCCC3)cc2)c2ccc(C3(c4ccc(N(c5ccc(CCCCCCCC)cc5)c5ccc(C6CCCCC6)cc5)cc4)CCCCC3)cc2)cc1. The fourth-order valence-corrected chi connectivity index (χ4v) is 13.2. The molecule has 6 aromatic carbocycles. The molecule has 0 amide bonds. The van der Waals surface area contributed by atoms with Crippen LogP contribution in [0.1, 0.15) is 232 Å². The molecule has 0 bridgehead atoms. The van der Waals surface area contributed by atoms with Crippen LogP contribution in [0.2, 0.25) is 0 Å². The van der Waals surface area contributed by atoms with Crippen molar-refractivity contribution in [2.75, 3.05) is 9.80 Å². The van der Waals surface area contributed by atoms with Gasteiger partial charge in [0.25, 0.3) is 0 Å². The van der Waals surface area contributed by atoms with Gasteiger partial charge in [-0.05, 0) is 182 Å². The monoisotopic (exact) mass is 959 g/mol. The summed E-state index contributed by atoms with van der Waals surface area (Å²) in [7, 11) is 0. The molecule has 3 aliphatic rings. The molecule has 2 nitrogen and oxygen atoms in total. The van der Waals surface area contributed by atoms with E-state index in [9.17, 15) is 0 Å². The van der Waals surface area contributed by atoms with E-state index in [4.69, 9.17) is 0 Å². The highest BCUT2D eigenvalue weighted by Crippen LogP contribution is 2.48. The maximum Gasteiger partial charge on any atom is 0.0461 e. The predicted octanol–water partition coefficient (Wildman–Crippen LogP) is 21.8. The molecule has 6 aromatic rings. The molecule has 0 heterocycles. The Balaban J connectivity index is 0.982. The van der Waals surface area contributed by atoms with Crippen LogP contribution in [0.4, 0.5) is 34.1 Å². The summed E-state index contributed by atoms with van der Waals surface area (Å²) >= 11 is 0. The number of benzene rings is 6. The number of hydrogen-bond donors (Lipinski definition) is 0. The van der Waals surface area contributed by atoms with E-state index < -0.39 is 0 Å². The standard InChI is InChI=1S/C70H90N2/c1-3-5-7-9-11-16-24-56-30-42-64(43-31-56)71(66-46-34-60(35-47-66)58-26-18-13-19-27-58)68-50-38-62(39-51-68)70(54-22-15-23-55-70)63-40-52-69(53-41-63)72(67-48-36-61(37-49-67)59-28-20-14-21-29-59)65-44-32-57(33-45-65)25-17-12-10-8-6-4-2/h30-53,58-59H,3-29,54-55H2,1-2H3. The van der Waals surface area contributed by atoms with Gasteiger partial charge in [-0.1, -0.05) is 209 Å². The Morgan fingerprint density at radius 2 is 0.611 bits per heavy atom. The largest absolute Gasteiger partial charge is 0.311 e. The Morgan fingerprint density at radius 3 is 0.958 bits per heavy atom. The van der Waals surface area contributed by atoms with Crippen molar-refractivity contribution in [2.24, 2.45) is 0 Å². The van der Waals surface area contributed by atoms with Crippen LogP contribution in [-0.2, 0) is 18.3 Å². The van der Waals surface area contributed by atoms with Crippen LogP contribution < -0.4 is 9.80 Å². The zero-order valence-corrected chi connectivity index (χ0v) is 44.9. The van der Waals surface area contributed by atoms with Crippen molar-refractivity contribution in [1.82, 2.24) is 0 Å². The van der Waals surface area contributed by atoms with Crippen molar-refractivity contribution in [2.45, 2.75) is 217 Å². The predicted molar refractivity (Wildman–Crippen MR) is 312 cm³/mol. The van der Waals surface area contributed by atoms with E-state index in [-0.39, 0.29) is 5.41 Å². The molecule has 0 aliphatic heterocycles. The van der Waals surface area contributed by atoms with Crippen molar-refractivity contribution in [3.05, 3.63) is 179 Å². The smallest absolute Gasteiger partial charge is 0.0461 e. The van der Waals surface area contributed by atoms with Crippen molar-refractivity contribution < 1.29 is 0 Å². The van der Waals surface area contributed by atoms with E-state index in [1.807, 2.05) is 0 Å². The molecule has 3 saturated carbocycles. The van der Waals surface area contributed by atoms with Crippen LogP contribution in [0.5, 0.6) is 0 Å². The Hall–Kier alpha value is -5.08. The van der Waals surface area contributed by atoms with Gasteiger partial charge in [-0.25, -0.2) is 0 Å². The normalized spacial score (nSPS) is 16.4. The number of unbranched alkanes of at least 4 members (excludes halogenated alkanes) is 10. The van der Waals surface area contributed by atoms with Gasteiger partial charge in [0.2, 0.25) is 0 Å². The van der Waals surface area contributed by atoms with Gasteiger partial charge in [-0.15, -0.1) is 0 Å². The van der Waals surface area contributed by atoms with Crippen LogP contribution >= 0.6 is 0 Å². The molecule has 0 spiro atoms. The highest BCUT2D eigenvalue weighted by Gasteiger charge is 2.36. The van der Waals surface area contributed by atoms with Gasteiger partial charge in [-0.2, -0.15) is 0 Å². The molecule has 0 radical (unpaired) electrons. The first-order valence-electron chi connectivity index (χ1n) is 29.8. The number of anilines is 6. The lowest BCUT2D eigenvalue weighted by Gasteiger charge is -2.39. The Kier molecular flexibility index (Phi) is 19.2. The highest BCUT2D eigenvalue weighted by atomic mass is 15.1. The Morgan fingerprint density at radius 1 is 0.319 bits per heavy atom. The third-order valence-corrected chi connectivity index (χ3v) is 17.5. The molecular weight excluding hydrogens is 869 g/mol. The van der Waals surface area contributed by atoms with E-state index in [2.05, 4.69) is 169 Å². The van der Waals surface area contributed by atoms with E-state index in [1.165, 1.54) is 241 Å². The maximum atomic E-state index is 2.50. The summed E-state index contributed by atoms with van der Waals surface area (Å²) in [6.07, 6.45) is 38.1. The van der Waals surface area contributed by atoms with Crippen LogP contribution in [0.3, 0.4) is 0 Å². The molecule has 3 aliphatic carbocycles. The van der Waals surface area contributed by atoms with E-state index in [0.29, 0.717) is 11.8 Å². The maximum absolute atomic E-state index is 2.50. The van der Waals surface area contributed by atoms with Crippen molar-refractivity contribution >= 4 is 34.1 Å². The molecule has 0 atom stereocenters. The molecule has 72 heavy (non-hydrogen) atoms. The van der Waals surface area contributed by atoms with Crippen molar-refractivity contribution in [3.63, 3.8) is 0 Å². The van der Waals surface area contributed by atoms with Gasteiger partial charge in [0.1, 0.15) is 0 Å². The zero-order valence-electron chi connectivity index (χ0n) is 44.9. The van der Waals surface area contributed by atoms with Gasteiger partial charge in [-0.3, -0.25) is 0 Å². The molecular formula is C70H90N2. The summed E-state index contributed by atoms with van der Waals surface area (Å²) in [5, 5.41) is 0. The fraction of sp³-hybridized carbons (Fsp3) is 0.486. The van der Waals surface area contributed by atoms with Crippen LogP contribution in [0, 0.1) is 0 Å². The van der Waals surface area contributed by atoms with E-state index in [0.717, 1.165) is 12.8 Å². The average molecular weight is 960 g/mol. The van der Waals surface area contributed by atoms with Gasteiger partial charge in [0.15, 0.2) is 0 Å². The first-order chi connectivity index (χ1) is 35.6. The lowest BCUT2D eigenvalue weighted by atomic mass is 9.65. The molecule has 3 fully saturated rings. The molecule has 2 heteroatoms. The van der Waals surface area contributed by atoms with Gasteiger partial charge in [0, 0.05) is 39.5 Å². The van der Waals surface area contributed by atoms with Crippen molar-refractivity contribution in [3.8, 4) is 0 Å². The summed E-state index contributed by atoms with van der Waals surface area (Å²) in [6, 6.07) is 58.0. The summed E-state index contributed by atoms with van der Waals surface area (Å²) in [5.74, 6) is 1.41. The second-order valence-electron chi connectivity index (χ2n) is 22.6. The Bertz CT molecular complexity index is 2270. The summed E-state index contributed by atoms with van der Waals surface area (Å²) in [4.78, 5) is 5.01. The minimum atomic E-state index is -0.00929. The third kappa shape index (κ3) is 13.4. The lowest BCUT2D eigenvalue weighted by Crippen LogP contribution is -2.30. The lowest BCUT2D eigenvalue weighted by molar-refractivity contribution is 0.346. The molecule has 0 N–H and O–H groups in total. The minimum Gasteiger partial charge on any atom is -0.311 e. The quantitative estimate of drug-likeness (QED) is 0.0558. The average Bonchev–Trinajstić information content (AvgIpc) is 3.45. The first-order valence-corrected chi connectivity index (χ1v) is 29.8. The fourth-order valence-electron chi connectivity index (χ4n) is 13.2. The number of aryl methyl sites for hydroxylation is 2. The number of rotatable bonds is 24. The first kappa shape index (κ1) is 51.8.